The molecule has 1 saturated heterocycles. The molecule has 5 rings (SSSR count). The van der Waals surface area contributed by atoms with Crippen molar-refractivity contribution in [1.82, 2.24) is 14.5 Å². The molecule has 0 saturated carbocycles. The Morgan fingerprint density at radius 1 is 0.951 bits per heavy atom. The summed E-state index contributed by atoms with van der Waals surface area (Å²) < 4.78 is 2.18. The van der Waals surface area contributed by atoms with Gasteiger partial charge in [-0.1, -0.05) is 97.9 Å². The highest BCUT2D eigenvalue weighted by atomic mass is 16.4. The van der Waals surface area contributed by atoms with Crippen molar-refractivity contribution in [3.63, 3.8) is 0 Å². The number of hydrogen-bond acceptors (Lipinski definition) is 4. The molecule has 0 bridgehead atoms. The number of aliphatic carboxylic acids is 1. The van der Waals surface area contributed by atoms with Gasteiger partial charge in [0.05, 0.1) is 18.1 Å². The minimum absolute atomic E-state index is 0.272. The molecule has 1 fully saturated rings. The minimum Gasteiger partial charge on any atom is -0.480 e. The van der Waals surface area contributed by atoms with Crippen LogP contribution in [0.3, 0.4) is 0 Å². The summed E-state index contributed by atoms with van der Waals surface area (Å²) in [5.74, 6) is -0.950. The van der Waals surface area contributed by atoms with Crippen LogP contribution >= 0.6 is 0 Å². The highest BCUT2D eigenvalue weighted by molar-refractivity contribution is 5.87. The van der Waals surface area contributed by atoms with Crippen molar-refractivity contribution in [2.75, 3.05) is 6.54 Å². The molecule has 41 heavy (non-hydrogen) atoms. The molecule has 3 unspecified atom stereocenters. The van der Waals surface area contributed by atoms with Crippen molar-refractivity contribution >= 4 is 11.9 Å². The molecule has 3 N–H and O–H groups in total. The van der Waals surface area contributed by atoms with Crippen molar-refractivity contribution in [3.8, 4) is 0 Å². The number of nitrogens with two attached hydrogens (primary N) is 1. The van der Waals surface area contributed by atoms with Crippen LogP contribution in [0.15, 0.2) is 104 Å². The smallest absolute Gasteiger partial charge is 0.326 e. The molecule has 1 aromatic heterocycles. The first-order valence-electron chi connectivity index (χ1n) is 14.4. The van der Waals surface area contributed by atoms with E-state index in [0.717, 1.165) is 28.8 Å². The molecule has 1 amide bonds. The van der Waals surface area contributed by atoms with E-state index in [0.29, 0.717) is 32.2 Å². The second kappa shape index (κ2) is 12.5. The third-order valence-electron chi connectivity index (χ3n) is 8.30. The van der Waals surface area contributed by atoms with Gasteiger partial charge in [0.2, 0.25) is 5.91 Å². The Morgan fingerprint density at radius 3 is 2.00 bits per heavy atom. The maximum Gasteiger partial charge on any atom is 0.326 e. The van der Waals surface area contributed by atoms with E-state index in [9.17, 15) is 14.7 Å². The summed E-state index contributed by atoms with van der Waals surface area (Å²) in [6.45, 7) is 2.47. The Bertz CT molecular complexity index is 1340. The monoisotopic (exact) mass is 550 g/mol. The largest absolute Gasteiger partial charge is 0.480 e. The van der Waals surface area contributed by atoms with Crippen molar-refractivity contribution < 1.29 is 14.7 Å². The van der Waals surface area contributed by atoms with Crippen LogP contribution in [0.1, 0.15) is 55.0 Å². The Hall–Kier alpha value is -4.23. The molecule has 7 nitrogen and oxygen atoms in total. The number of nitrogens with zero attached hydrogens (tertiary/aromatic N) is 3. The molecule has 4 aromatic rings. The fraction of sp³-hybridized carbons (Fsp3) is 0.324. The number of carbonyl (C=O) groups excluding carboxylic acids is 1. The standard InChI is InChI=1S/C34H38N4O3/c1-25-20-21-38(31(22-25)33(40)41)32(39)30(35)19-11-18-29-23-37(24-36-29)34(26-12-5-2-6-13-26,27-14-7-3-8-15-27)28-16-9-4-10-17-28/h2-10,12-17,23-25,30-31H,11,18-22,35H2,1H3,(H,40,41). The fourth-order valence-corrected chi connectivity index (χ4v) is 6.14. The number of aromatic nitrogens is 2. The van der Waals surface area contributed by atoms with Gasteiger partial charge in [-0.25, -0.2) is 9.78 Å². The van der Waals surface area contributed by atoms with Gasteiger partial charge in [0, 0.05) is 12.7 Å². The van der Waals surface area contributed by atoms with E-state index >= 15 is 0 Å². The lowest BCUT2D eigenvalue weighted by Gasteiger charge is -2.37. The summed E-state index contributed by atoms with van der Waals surface area (Å²) in [4.78, 5) is 31.1. The van der Waals surface area contributed by atoms with Gasteiger partial charge in [-0.2, -0.15) is 0 Å². The molecule has 7 heteroatoms. The topological polar surface area (TPSA) is 101 Å². The second-order valence-electron chi connectivity index (χ2n) is 11.1. The zero-order valence-corrected chi connectivity index (χ0v) is 23.5. The van der Waals surface area contributed by atoms with Crippen LogP contribution in [0.2, 0.25) is 0 Å². The molecule has 212 valence electrons. The summed E-state index contributed by atoms with van der Waals surface area (Å²) in [5, 5.41) is 9.65. The van der Waals surface area contributed by atoms with Crippen molar-refractivity contribution in [3.05, 3.63) is 126 Å². The fourth-order valence-electron chi connectivity index (χ4n) is 6.14. The van der Waals surface area contributed by atoms with Crippen LogP contribution in [0.5, 0.6) is 0 Å². The summed E-state index contributed by atoms with van der Waals surface area (Å²) in [7, 11) is 0. The van der Waals surface area contributed by atoms with Gasteiger partial charge < -0.3 is 20.3 Å². The lowest BCUT2D eigenvalue weighted by molar-refractivity contribution is -0.153. The van der Waals surface area contributed by atoms with E-state index < -0.39 is 23.6 Å². The minimum atomic E-state index is -0.957. The lowest BCUT2D eigenvalue weighted by Crippen LogP contribution is -2.54. The zero-order chi connectivity index (χ0) is 28.8. The first-order valence-corrected chi connectivity index (χ1v) is 14.4. The Kier molecular flexibility index (Phi) is 8.64. The van der Waals surface area contributed by atoms with E-state index in [1.54, 1.807) is 0 Å². The van der Waals surface area contributed by atoms with Crippen molar-refractivity contribution in [2.24, 2.45) is 11.7 Å². The summed E-state index contributed by atoms with van der Waals surface area (Å²) in [5.41, 5.74) is 9.95. The number of hydrogen-bond donors (Lipinski definition) is 2. The molecule has 2 heterocycles. The van der Waals surface area contributed by atoms with Crippen LogP contribution in [0.4, 0.5) is 0 Å². The SMILES string of the molecule is CC1CCN(C(=O)C(N)CCCc2cn(C(c3ccccc3)(c3ccccc3)c3ccccc3)cn2)C(C(=O)O)C1. The van der Waals surface area contributed by atoms with Crippen LogP contribution in [0, 0.1) is 5.92 Å². The van der Waals surface area contributed by atoms with Crippen LogP contribution in [0.25, 0.3) is 0 Å². The van der Waals surface area contributed by atoms with Crippen LogP contribution in [-0.4, -0.2) is 50.1 Å². The van der Waals surface area contributed by atoms with Crippen molar-refractivity contribution in [1.29, 1.82) is 0 Å². The van der Waals surface area contributed by atoms with E-state index in [1.807, 2.05) is 31.5 Å². The third-order valence-corrected chi connectivity index (χ3v) is 8.30. The first kappa shape index (κ1) is 28.3. The van der Waals surface area contributed by atoms with Gasteiger partial charge in [0.15, 0.2) is 0 Å². The lowest BCUT2D eigenvalue weighted by atomic mass is 9.77. The van der Waals surface area contributed by atoms with E-state index in [4.69, 9.17) is 10.7 Å². The number of carboxylic acid groups (broad SMARTS) is 1. The van der Waals surface area contributed by atoms with Crippen LogP contribution in [-0.2, 0) is 21.5 Å². The number of imidazole rings is 1. The average Bonchev–Trinajstić information content (AvgIpc) is 3.47. The maximum absolute atomic E-state index is 13.1. The molecular formula is C34H38N4O3. The highest BCUT2D eigenvalue weighted by Gasteiger charge is 2.39. The second-order valence-corrected chi connectivity index (χ2v) is 11.1. The maximum atomic E-state index is 13.1. The molecule has 0 aliphatic carbocycles. The van der Waals surface area contributed by atoms with E-state index in [2.05, 4.69) is 83.6 Å². The number of rotatable bonds is 10. The molecule has 3 atom stereocenters. The number of aryl methyl sites for hydroxylation is 1. The third kappa shape index (κ3) is 5.81. The molecule has 0 spiro atoms. The summed E-state index contributed by atoms with van der Waals surface area (Å²) in [6.07, 6.45) is 7.03. The summed E-state index contributed by atoms with van der Waals surface area (Å²) in [6, 6.07) is 29.8. The number of carbonyl (C=O) groups is 2. The van der Waals surface area contributed by atoms with Crippen LogP contribution < -0.4 is 5.73 Å². The van der Waals surface area contributed by atoms with Gasteiger partial charge >= 0.3 is 5.97 Å². The predicted molar refractivity (Wildman–Crippen MR) is 159 cm³/mol. The van der Waals surface area contributed by atoms with Crippen molar-refractivity contribution in [2.45, 2.75) is 56.7 Å². The summed E-state index contributed by atoms with van der Waals surface area (Å²) >= 11 is 0. The first-order chi connectivity index (χ1) is 19.9. The number of benzene rings is 3. The van der Waals surface area contributed by atoms with E-state index in [1.165, 1.54) is 4.90 Å². The Balaban J connectivity index is 1.37. The molecule has 1 aliphatic heterocycles. The Labute approximate surface area is 241 Å². The quantitative estimate of drug-likeness (QED) is 0.268. The number of likely N-dealkylation sites (tertiary alicyclic amines) is 1. The zero-order valence-electron chi connectivity index (χ0n) is 23.5. The van der Waals surface area contributed by atoms with Gasteiger partial charge in [-0.05, 0) is 54.7 Å². The average molecular weight is 551 g/mol. The molecule has 3 aromatic carbocycles. The number of piperidine rings is 1. The molecule has 0 radical (unpaired) electrons. The van der Waals surface area contributed by atoms with E-state index in [-0.39, 0.29) is 11.8 Å². The normalized spacial score (nSPS) is 18.1. The van der Waals surface area contributed by atoms with Gasteiger partial charge in [-0.15, -0.1) is 0 Å². The highest BCUT2D eigenvalue weighted by Crippen LogP contribution is 2.40. The molecule has 1 aliphatic rings. The van der Waals surface area contributed by atoms with Gasteiger partial charge in [-0.3, -0.25) is 4.79 Å². The number of carboxylic acids is 1. The predicted octanol–water partition coefficient (Wildman–Crippen LogP) is 5.09. The van der Waals surface area contributed by atoms with Gasteiger partial charge in [0.1, 0.15) is 11.6 Å². The Morgan fingerprint density at radius 2 is 1.49 bits per heavy atom. The van der Waals surface area contributed by atoms with Gasteiger partial charge in [0.25, 0.3) is 0 Å². The number of amides is 1. The molecular weight excluding hydrogens is 512 g/mol.